The summed E-state index contributed by atoms with van der Waals surface area (Å²) in [6.07, 6.45) is 2.26. The predicted molar refractivity (Wildman–Crippen MR) is 114 cm³/mol. The molecule has 1 N–H and O–H groups in total. The van der Waals surface area contributed by atoms with Gasteiger partial charge >= 0.3 is 6.09 Å². The minimum absolute atomic E-state index is 0.109. The lowest BCUT2D eigenvalue weighted by Crippen LogP contribution is -2.29. The first kappa shape index (κ1) is 20.6. The highest BCUT2D eigenvalue weighted by Crippen LogP contribution is 2.30. The Labute approximate surface area is 174 Å². The van der Waals surface area contributed by atoms with Gasteiger partial charge in [-0.25, -0.2) is 9.78 Å². The summed E-state index contributed by atoms with van der Waals surface area (Å²) in [5.74, 6) is 0.719. The molecule has 0 radical (unpaired) electrons. The molecule has 0 saturated carbocycles. The summed E-state index contributed by atoms with van der Waals surface area (Å²) in [4.78, 5) is 21.8. The van der Waals surface area contributed by atoms with Gasteiger partial charge in [0.1, 0.15) is 10.9 Å². The van der Waals surface area contributed by atoms with E-state index in [9.17, 15) is 9.90 Å². The van der Waals surface area contributed by atoms with E-state index in [1.165, 1.54) is 4.90 Å². The Hall–Kier alpha value is -3.12. The number of pyridine rings is 2. The molecule has 2 heterocycles. The van der Waals surface area contributed by atoms with Crippen LogP contribution in [0.2, 0.25) is 5.15 Å². The smallest absolute Gasteiger partial charge is 0.412 e. The van der Waals surface area contributed by atoms with Crippen LogP contribution in [0, 0.1) is 20.8 Å². The van der Waals surface area contributed by atoms with Crippen LogP contribution >= 0.6 is 11.6 Å². The maximum Gasteiger partial charge on any atom is 0.412 e. The molecule has 2 aromatic heterocycles. The zero-order chi connectivity index (χ0) is 21.1. The molecule has 1 amide bonds. The van der Waals surface area contributed by atoms with Gasteiger partial charge in [-0.1, -0.05) is 17.7 Å². The van der Waals surface area contributed by atoms with Crippen LogP contribution in [0.25, 0.3) is 11.1 Å². The van der Waals surface area contributed by atoms with Gasteiger partial charge in [-0.15, -0.1) is 0 Å². The first-order chi connectivity index (χ1) is 13.8. The summed E-state index contributed by atoms with van der Waals surface area (Å²) < 4.78 is 5.45. The molecule has 3 aromatic rings. The topological polar surface area (TPSA) is 75.5 Å². The third-order valence-corrected chi connectivity index (χ3v) is 4.93. The quantitative estimate of drug-likeness (QED) is 0.567. The SMILES string of the molecule is COc1c(C)cnc(CN(C(=O)O)c2cc(C)cc(-c3ccnc(Cl)c3)c2)c1C. The van der Waals surface area contributed by atoms with Crippen LogP contribution < -0.4 is 9.64 Å². The Morgan fingerprint density at radius 2 is 1.90 bits per heavy atom. The standard InChI is InChI=1S/C22H22ClN3O3/c1-13-7-17(16-5-6-24-20(23)10-16)9-18(8-13)26(22(27)28)12-19-15(3)21(29-4)14(2)11-25-19/h5-11H,12H2,1-4H3,(H,27,28). The van der Waals surface area contributed by atoms with Gasteiger partial charge in [-0.3, -0.25) is 9.88 Å². The average molecular weight is 412 g/mol. The molecule has 0 atom stereocenters. The van der Waals surface area contributed by atoms with Crippen molar-refractivity contribution in [3.05, 3.63) is 70.3 Å². The van der Waals surface area contributed by atoms with E-state index in [0.717, 1.165) is 33.6 Å². The van der Waals surface area contributed by atoms with Crippen LogP contribution in [0.3, 0.4) is 0 Å². The molecular weight excluding hydrogens is 390 g/mol. The summed E-state index contributed by atoms with van der Waals surface area (Å²) in [5, 5.41) is 10.3. The predicted octanol–water partition coefficient (Wildman–Crippen LogP) is 5.42. The molecular formula is C22H22ClN3O3. The third kappa shape index (κ3) is 4.49. The second-order valence-corrected chi connectivity index (χ2v) is 7.23. The summed E-state index contributed by atoms with van der Waals surface area (Å²) in [5.41, 5.74) is 5.60. The Morgan fingerprint density at radius 1 is 1.14 bits per heavy atom. The molecule has 0 saturated heterocycles. The number of nitrogens with zero attached hydrogens (tertiary/aromatic N) is 3. The number of amides is 1. The highest BCUT2D eigenvalue weighted by molar-refractivity contribution is 6.29. The van der Waals surface area contributed by atoms with E-state index in [0.29, 0.717) is 16.5 Å². The van der Waals surface area contributed by atoms with Gasteiger partial charge < -0.3 is 9.84 Å². The van der Waals surface area contributed by atoms with Crippen LogP contribution in [0.5, 0.6) is 5.75 Å². The number of ether oxygens (including phenoxy) is 1. The average Bonchev–Trinajstić information content (AvgIpc) is 2.67. The van der Waals surface area contributed by atoms with Crippen molar-refractivity contribution in [2.45, 2.75) is 27.3 Å². The molecule has 0 aliphatic carbocycles. The lowest BCUT2D eigenvalue weighted by molar-refractivity contribution is 0.201. The molecule has 0 bridgehead atoms. The van der Waals surface area contributed by atoms with Crippen molar-refractivity contribution in [2.24, 2.45) is 0 Å². The fourth-order valence-electron chi connectivity index (χ4n) is 3.32. The monoisotopic (exact) mass is 411 g/mol. The van der Waals surface area contributed by atoms with Gasteiger partial charge in [0.25, 0.3) is 0 Å². The highest BCUT2D eigenvalue weighted by atomic mass is 35.5. The van der Waals surface area contributed by atoms with Crippen molar-refractivity contribution in [1.29, 1.82) is 0 Å². The van der Waals surface area contributed by atoms with Gasteiger partial charge in [0.05, 0.1) is 19.3 Å². The van der Waals surface area contributed by atoms with E-state index in [1.54, 1.807) is 25.6 Å². The van der Waals surface area contributed by atoms with Crippen molar-refractivity contribution < 1.29 is 14.6 Å². The molecule has 0 aliphatic rings. The fourth-order valence-corrected chi connectivity index (χ4v) is 3.49. The van der Waals surface area contributed by atoms with Crippen molar-refractivity contribution in [2.75, 3.05) is 12.0 Å². The molecule has 150 valence electrons. The number of rotatable bonds is 5. The minimum atomic E-state index is -1.06. The van der Waals surface area contributed by atoms with Crippen LogP contribution in [0.1, 0.15) is 22.4 Å². The van der Waals surface area contributed by atoms with E-state index >= 15 is 0 Å². The number of hydrogen-bond acceptors (Lipinski definition) is 4. The number of anilines is 1. The van der Waals surface area contributed by atoms with Crippen LogP contribution in [0.15, 0.2) is 42.7 Å². The number of halogens is 1. The maximum absolute atomic E-state index is 12.1. The Balaban J connectivity index is 2.04. The lowest BCUT2D eigenvalue weighted by atomic mass is 10.0. The Morgan fingerprint density at radius 3 is 2.55 bits per heavy atom. The van der Waals surface area contributed by atoms with E-state index < -0.39 is 6.09 Å². The van der Waals surface area contributed by atoms with E-state index in [-0.39, 0.29) is 6.54 Å². The molecule has 1 aromatic carbocycles. The third-order valence-electron chi connectivity index (χ3n) is 4.72. The van der Waals surface area contributed by atoms with Crippen LogP contribution in [-0.2, 0) is 6.54 Å². The lowest BCUT2D eigenvalue weighted by Gasteiger charge is -2.22. The second-order valence-electron chi connectivity index (χ2n) is 6.84. The fraction of sp³-hybridized carbons (Fsp3) is 0.227. The zero-order valence-corrected chi connectivity index (χ0v) is 17.5. The summed E-state index contributed by atoms with van der Waals surface area (Å²) in [7, 11) is 1.60. The van der Waals surface area contributed by atoms with E-state index in [1.807, 2.05) is 45.0 Å². The number of carboxylic acid groups (broad SMARTS) is 1. The molecule has 6 nitrogen and oxygen atoms in total. The number of aromatic nitrogens is 2. The minimum Gasteiger partial charge on any atom is -0.496 e. The van der Waals surface area contributed by atoms with Gasteiger partial charge in [-0.05, 0) is 61.7 Å². The first-order valence-corrected chi connectivity index (χ1v) is 9.41. The number of benzene rings is 1. The normalized spacial score (nSPS) is 10.7. The van der Waals surface area contributed by atoms with Crippen molar-refractivity contribution >= 4 is 23.4 Å². The molecule has 0 aliphatic heterocycles. The van der Waals surface area contributed by atoms with Gasteiger partial charge in [0, 0.05) is 29.2 Å². The second kappa shape index (κ2) is 8.49. The highest BCUT2D eigenvalue weighted by Gasteiger charge is 2.20. The molecule has 0 unspecified atom stereocenters. The Kier molecular flexibility index (Phi) is 6.03. The van der Waals surface area contributed by atoms with Crippen molar-refractivity contribution in [1.82, 2.24) is 9.97 Å². The maximum atomic E-state index is 12.1. The van der Waals surface area contributed by atoms with Crippen LogP contribution in [-0.4, -0.2) is 28.3 Å². The zero-order valence-electron chi connectivity index (χ0n) is 16.7. The number of carbonyl (C=O) groups is 1. The number of methoxy groups -OCH3 is 1. The van der Waals surface area contributed by atoms with E-state index in [4.69, 9.17) is 16.3 Å². The molecule has 0 fully saturated rings. The van der Waals surface area contributed by atoms with E-state index in [2.05, 4.69) is 9.97 Å². The molecule has 3 rings (SSSR count). The number of hydrogen-bond donors (Lipinski definition) is 1. The van der Waals surface area contributed by atoms with Gasteiger partial charge in [-0.2, -0.15) is 0 Å². The molecule has 0 spiro atoms. The first-order valence-electron chi connectivity index (χ1n) is 9.03. The Bertz CT molecular complexity index is 1070. The van der Waals surface area contributed by atoms with Crippen molar-refractivity contribution in [3.63, 3.8) is 0 Å². The summed E-state index contributed by atoms with van der Waals surface area (Å²) >= 11 is 6.02. The van der Waals surface area contributed by atoms with Gasteiger partial charge in [0.15, 0.2) is 0 Å². The number of aryl methyl sites for hydroxylation is 2. The summed E-state index contributed by atoms with van der Waals surface area (Å²) in [6, 6.07) is 9.23. The van der Waals surface area contributed by atoms with Crippen molar-refractivity contribution in [3.8, 4) is 16.9 Å². The molecule has 29 heavy (non-hydrogen) atoms. The largest absolute Gasteiger partial charge is 0.496 e. The summed E-state index contributed by atoms with van der Waals surface area (Å²) in [6.45, 7) is 5.82. The van der Waals surface area contributed by atoms with Gasteiger partial charge in [0.2, 0.25) is 0 Å². The van der Waals surface area contributed by atoms with Crippen LogP contribution in [0.4, 0.5) is 10.5 Å². The molecule has 7 heteroatoms.